The van der Waals surface area contributed by atoms with Crippen LogP contribution in [0.25, 0.3) is 11.4 Å². The number of nitrogens with one attached hydrogen (secondary N) is 1. The standard InChI is InChI=1S/C22H18ClN5O3/c23-18-3-1-2-16(26-18)21-20(27-19-12-30-7-6-28(19)21)22(29)25-15-9-14-8-13(10-24)4-5-17(14)31-11-15/h1-5,8,15H,6-7,9,11-12H2,(H,25,29)/t15-/m1/s1. The molecule has 5 rings (SSSR count). The second-order valence-corrected chi connectivity index (χ2v) is 7.78. The molecule has 2 aliphatic heterocycles. The number of nitrogens with zero attached hydrogens (tertiary/aromatic N) is 4. The van der Waals surface area contributed by atoms with Crippen LogP contribution in [0.2, 0.25) is 5.15 Å². The van der Waals surface area contributed by atoms with E-state index in [0.717, 1.165) is 11.3 Å². The van der Waals surface area contributed by atoms with E-state index >= 15 is 0 Å². The molecule has 0 bridgehead atoms. The molecule has 0 spiro atoms. The molecule has 31 heavy (non-hydrogen) atoms. The van der Waals surface area contributed by atoms with E-state index in [1.54, 1.807) is 30.3 Å². The van der Waals surface area contributed by atoms with Gasteiger partial charge >= 0.3 is 0 Å². The van der Waals surface area contributed by atoms with Gasteiger partial charge in [-0.2, -0.15) is 5.26 Å². The first kappa shape index (κ1) is 19.5. The van der Waals surface area contributed by atoms with Crippen molar-refractivity contribution in [3.8, 4) is 23.2 Å². The highest BCUT2D eigenvalue weighted by Gasteiger charge is 2.29. The Bertz CT molecular complexity index is 1220. The van der Waals surface area contributed by atoms with Crippen LogP contribution in [0.1, 0.15) is 27.4 Å². The van der Waals surface area contributed by atoms with Crippen molar-refractivity contribution in [2.75, 3.05) is 13.2 Å². The zero-order valence-electron chi connectivity index (χ0n) is 16.5. The van der Waals surface area contributed by atoms with E-state index in [0.29, 0.717) is 60.7 Å². The molecule has 9 heteroatoms. The molecule has 0 saturated heterocycles. The second kappa shape index (κ2) is 8.02. The van der Waals surface area contributed by atoms with Crippen molar-refractivity contribution in [1.82, 2.24) is 19.9 Å². The minimum Gasteiger partial charge on any atom is -0.491 e. The van der Waals surface area contributed by atoms with Crippen LogP contribution >= 0.6 is 11.6 Å². The third-order valence-corrected chi connectivity index (χ3v) is 5.55. The summed E-state index contributed by atoms with van der Waals surface area (Å²) in [6.07, 6.45) is 0.567. The lowest BCUT2D eigenvalue weighted by Crippen LogP contribution is -2.43. The number of imidazole rings is 1. The molecule has 0 saturated carbocycles. The maximum absolute atomic E-state index is 13.2. The summed E-state index contributed by atoms with van der Waals surface area (Å²) in [6.45, 7) is 1.78. The maximum Gasteiger partial charge on any atom is 0.272 e. The Morgan fingerprint density at radius 3 is 3.03 bits per heavy atom. The van der Waals surface area contributed by atoms with Gasteiger partial charge in [0.05, 0.1) is 30.0 Å². The minimum absolute atomic E-state index is 0.246. The number of halogens is 1. The van der Waals surface area contributed by atoms with Crippen molar-refractivity contribution in [2.24, 2.45) is 0 Å². The highest BCUT2D eigenvalue weighted by Crippen LogP contribution is 2.29. The van der Waals surface area contributed by atoms with Gasteiger partial charge in [0.25, 0.3) is 5.91 Å². The molecule has 2 aromatic heterocycles. The molecule has 0 aliphatic carbocycles. The van der Waals surface area contributed by atoms with Gasteiger partial charge in [0.15, 0.2) is 5.69 Å². The Hall–Kier alpha value is -3.41. The van der Waals surface area contributed by atoms with Gasteiger partial charge in [-0.1, -0.05) is 17.7 Å². The van der Waals surface area contributed by atoms with Crippen LogP contribution < -0.4 is 10.1 Å². The molecule has 4 heterocycles. The van der Waals surface area contributed by atoms with Crippen LogP contribution in [0.15, 0.2) is 36.4 Å². The highest BCUT2D eigenvalue weighted by atomic mass is 35.5. The van der Waals surface area contributed by atoms with Crippen molar-refractivity contribution in [1.29, 1.82) is 5.26 Å². The molecule has 8 nitrogen and oxygen atoms in total. The van der Waals surface area contributed by atoms with E-state index < -0.39 is 0 Å². The van der Waals surface area contributed by atoms with E-state index in [2.05, 4.69) is 21.4 Å². The first-order valence-electron chi connectivity index (χ1n) is 9.89. The average Bonchev–Trinajstić information content (AvgIpc) is 3.18. The SMILES string of the molecule is N#Cc1ccc2c(c1)C[C@@H](NC(=O)c1nc3n(c1-c1cccc(Cl)n1)CCOC3)CO2. The van der Waals surface area contributed by atoms with Crippen LogP contribution in [0.3, 0.4) is 0 Å². The van der Waals surface area contributed by atoms with Crippen molar-refractivity contribution in [2.45, 2.75) is 25.6 Å². The number of carbonyl (C=O) groups excluding carboxylic acids is 1. The molecule has 1 amide bonds. The third kappa shape index (κ3) is 3.74. The Kier molecular flexibility index (Phi) is 5.06. The summed E-state index contributed by atoms with van der Waals surface area (Å²) >= 11 is 6.10. The van der Waals surface area contributed by atoms with Gasteiger partial charge in [-0.05, 0) is 42.3 Å². The Labute approximate surface area is 183 Å². The Morgan fingerprint density at radius 2 is 2.19 bits per heavy atom. The number of hydrogen-bond acceptors (Lipinski definition) is 6. The largest absolute Gasteiger partial charge is 0.491 e. The summed E-state index contributed by atoms with van der Waals surface area (Å²) in [5, 5.41) is 12.5. The van der Waals surface area contributed by atoms with Crippen molar-refractivity contribution < 1.29 is 14.3 Å². The predicted molar refractivity (Wildman–Crippen MR) is 112 cm³/mol. The first-order valence-corrected chi connectivity index (χ1v) is 10.3. The summed E-state index contributed by atoms with van der Waals surface area (Å²) in [4.78, 5) is 22.2. The third-order valence-electron chi connectivity index (χ3n) is 5.34. The number of amides is 1. The van der Waals surface area contributed by atoms with Gasteiger partial charge in [-0.3, -0.25) is 4.79 Å². The topological polar surface area (TPSA) is 102 Å². The number of rotatable bonds is 3. The molecule has 1 atom stereocenters. The van der Waals surface area contributed by atoms with Gasteiger partial charge in [0.2, 0.25) is 0 Å². The molecule has 1 aromatic carbocycles. The number of hydrogen-bond donors (Lipinski definition) is 1. The van der Waals surface area contributed by atoms with Crippen LogP contribution in [0.4, 0.5) is 0 Å². The van der Waals surface area contributed by atoms with Crippen LogP contribution in [0.5, 0.6) is 5.75 Å². The molecule has 156 valence electrons. The zero-order chi connectivity index (χ0) is 21.4. The summed E-state index contributed by atoms with van der Waals surface area (Å²) in [7, 11) is 0. The minimum atomic E-state index is -0.313. The molecule has 2 aliphatic rings. The van der Waals surface area contributed by atoms with Crippen molar-refractivity contribution >= 4 is 17.5 Å². The van der Waals surface area contributed by atoms with Crippen LogP contribution in [0, 0.1) is 11.3 Å². The summed E-state index contributed by atoms with van der Waals surface area (Å²) in [6, 6.07) is 12.5. The van der Waals surface area contributed by atoms with Crippen molar-refractivity contribution in [3.63, 3.8) is 0 Å². The molecule has 0 radical (unpaired) electrons. The van der Waals surface area contributed by atoms with Crippen LogP contribution in [-0.4, -0.2) is 39.7 Å². The average molecular weight is 436 g/mol. The molecular weight excluding hydrogens is 418 g/mol. The quantitative estimate of drug-likeness (QED) is 0.634. The monoisotopic (exact) mass is 435 g/mol. The summed E-state index contributed by atoms with van der Waals surface area (Å²) < 4.78 is 13.3. The zero-order valence-corrected chi connectivity index (χ0v) is 17.2. The number of carbonyl (C=O) groups is 1. The molecule has 0 fully saturated rings. The number of ether oxygens (including phenoxy) is 2. The normalized spacial score (nSPS) is 17.1. The molecule has 1 N–H and O–H groups in total. The predicted octanol–water partition coefficient (Wildman–Crippen LogP) is 2.73. The second-order valence-electron chi connectivity index (χ2n) is 7.39. The first-order chi connectivity index (χ1) is 15.1. The van der Waals surface area contributed by atoms with Gasteiger partial charge in [-0.15, -0.1) is 0 Å². The Balaban J connectivity index is 1.45. The summed E-state index contributed by atoms with van der Waals surface area (Å²) in [5.74, 6) is 1.10. The fraction of sp³-hybridized carbons (Fsp3) is 0.273. The van der Waals surface area contributed by atoms with Gasteiger partial charge in [0.1, 0.15) is 35.6 Å². The number of pyridine rings is 1. The smallest absolute Gasteiger partial charge is 0.272 e. The highest BCUT2D eigenvalue weighted by molar-refractivity contribution is 6.29. The lowest BCUT2D eigenvalue weighted by atomic mass is 10.0. The fourth-order valence-corrected chi connectivity index (χ4v) is 4.10. The van der Waals surface area contributed by atoms with Gasteiger partial charge < -0.3 is 19.4 Å². The van der Waals surface area contributed by atoms with Gasteiger partial charge in [0, 0.05) is 6.54 Å². The summed E-state index contributed by atoms with van der Waals surface area (Å²) in [5.41, 5.74) is 2.95. The lowest BCUT2D eigenvalue weighted by molar-refractivity contribution is 0.0820. The number of aromatic nitrogens is 3. The number of benzene rings is 1. The fourth-order valence-electron chi connectivity index (χ4n) is 3.94. The lowest BCUT2D eigenvalue weighted by Gasteiger charge is -2.26. The Morgan fingerprint density at radius 1 is 1.29 bits per heavy atom. The maximum atomic E-state index is 13.2. The van der Waals surface area contributed by atoms with Crippen LogP contribution in [-0.2, 0) is 24.3 Å². The van der Waals surface area contributed by atoms with E-state index in [4.69, 9.17) is 26.3 Å². The number of nitriles is 1. The van der Waals surface area contributed by atoms with E-state index in [1.165, 1.54) is 0 Å². The number of fused-ring (bicyclic) bond motifs is 2. The van der Waals surface area contributed by atoms with Gasteiger partial charge in [-0.25, -0.2) is 9.97 Å². The van der Waals surface area contributed by atoms with E-state index in [1.807, 2.05) is 10.6 Å². The molecule has 0 unspecified atom stereocenters. The molecule has 3 aromatic rings. The van der Waals surface area contributed by atoms with Crippen molar-refractivity contribution in [3.05, 3.63) is 64.2 Å². The van der Waals surface area contributed by atoms with E-state index in [-0.39, 0.29) is 17.6 Å². The molecular formula is C22H18ClN5O3. The van der Waals surface area contributed by atoms with E-state index in [9.17, 15) is 4.79 Å².